The summed E-state index contributed by atoms with van der Waals surface area (Å²) in [6.45, 7) is 1.25. The highest BCUT2D eigenvalue weighted by atomic mass is 35.5. The van der Waals surface area contributed by atoms with E-state index in [0.29, 0.717) is 16.7 Å². The van der Waals surface area contributed by atoms with Gasteiger partial charge in [-0.15, -0.1) is 0 Å². The summed E-state index contributed by atoms with van der Waals surface area (Å²) < 4.78 is 39.8. The number of rotatable bonds is 4. The summed E-state index contributed by atoms with van der Waals surface area (Å²) in [4.78, 5) is 24.3. The molecule has 144 valence electrons. The zero-order valence-corrected chi connectivity index (χ0v) is 15.2. The van der Waals surface area contributed by atoms with E-state index < -0.39 is 22.7 Å². The zero-order valence-electron chi connectivity index (χ0n) is 14.4. The Kier molecular flexibility index (Phi) is 5.51. The van der Waals surface area contributed by atoms with Crippen LogP contribution in [-0.2, 0) is 11.0 Å². The highest BCUT2D eigenvalue weighted by Crippen LogP contribution is 2.40. The van der Waals surface area contributed by atoms with Crippen LogP contribution in [0, 0.1) is 0 Å². The number of alkyl halides is 3. The van der Waals surface area contributed by atoms with Crippen molar-refractivity contribution >= 4 is 17.5 Å². The second kappa shape index (κ2) is 7.85. The van der Waals surface area contributed by atoms with Crippen LogP contribution in [0.1, 0.15) is 12.5 Å². The Bertz CT molecular complexity index is 1010. The third-order valence-electron chi connectivity index (χ3n) is 3.76. The van der Waals surface area contributed by atoms with E-state index in [-0.39, 0.29) is 11.3 Å². The number of carbonyl (C=O) groups excluding carboxylic acids is 1. The Morgan fingerprint density at radius 1 is 1.04 bits per heavy atom. The number of hydrogen-bond donors (Lipinski definition) is 1. The predicted octanol–water partition coefficient (Wildman–Crippen LogP) is 4.91. The van der Waals surface area contributed by atoms with Crippen LogP contribution >= 0.6 is 11.6 Å². The third kappa shape index (κ3) is 4.40. The first-order valence-electron chi connectivity index (χ1n) is 7.95. The van der Waals surface area contributed by atoms with E-state index in [0.717, 1.165) is 6.07 Å². The van der Waals surface area contributed by atoms with E-state index in [2.05, 4.69) is 15.4 Å². The number of carbonyl (C=O) groups is 1. The van der Waals surface area contributed by atoms with Gasteiger partial charge >= 0.3 is 6.18 Å². The summed E-state index contributed by atoms with van der Waals surface area (Å²) in [6.07, 6.45) is -0.100. The number of amides is 1. The predicted molar refractivity (Wildman–Crippen MR) is 97.4 cm³/mol. The van der Waals surface area contributed by atoms with Gasteiger partial charge in [0, 0.05) is 30.4 Å². The highest BCUT2D eigenvalue weighted by molar-refractivity contribution is 6.31. The largest absolute Gasteiger partial charge is 0.417 e. The maximum Gasteiger partial charge on any atom is 0.417 e. The first kappa shape index (κ1) is 19.6. The molecule has 1 amide bonds. The standard InChI is InChI=1S/C19H13ClF3N3O2/c1-11(27)26-28-18-5-3-12(14-8-24-10-25-9-14)6-15(18)13-2-4-17(20)16(7-13)19(21,22)23/h2-10H,1H3,(H,26,27). The average molecular weight is 408 g/mol. The van der Waals surface area contributed by atoms with Gasteiger partial charge in [0.1, 0.15) is 6.33 Å². The lowest BCUT2D eigenvalue weighted by Gasteiger charge is -2.15. The second-order valence-electron chi connectivity index (χ2n) is 5.79. The van der Waals surface area contributed by atoms with E-state index >= 15 is 0 Å². The van der Waals surface area contributed by atoms with Crippen molar-refractivity contribution in [3.8, 4) is 28.0 Å². The zero-order chi connectivity index (χ0) is 20.3. The van der Waals surface area contributed by atoms with E-state index in [1.807, 2.05) is 0 Å². The minimum absolute atomic E-state index is 0.172. The van der Waals surface area contributed by atoms with Gasteiger partial charge < -0.3 is 4.84 Å². The van der Waals surface area contributed by atoms with Crippen LogP contribution in [-0.4, -0.2) is 15.9 Å². The van der Waals surface area contributed by atoms with Crippen molar-refractivity contribution in [2.24, 2.45) is 0 Å². The molecule has 0 aliphatic rings. The Labute approximate surface area is 163 Å². The second-order valence-corrected chi connectivity index (χ2v) is 6.20. The maximum absolute atomic E-state index is 13.3. The van der Waals surface area contributed by atoms with Crippen LogP contribution < -0.4 is 10.3 Å². The number of nitrogens with one attached hydrogen (secondary N) is 1. The van der Waals surface area contributed by atoms with Crippen LogP contribution in [0.4, 0.5) is 13.2 Å². The monoisotopic (exact) mass is 407 g/mol. The molecule has 0 fully saturated rings. The summed E-state index contributed by atoms with van der Waals surface area (Å²) in [5.74, 6) is -0.287. The van der Waals surface area contributed by atoms with E-state index in [1.54, 1.807) is 24.5 Å². The SMILES string of the molecule is CC(=O)NOc1ccc(-c2cncnc2)cc1-c1ccc(Cl)c(C(F)(F)F)c1. The molecule has 0 atom stereocenters. The molecule has 0 spiro atoms. The van der Waals surface area contributed by atoms with Crippen molar-refractivity contribution in [2.75, 3.05) is 0 Å². The van der Waals surface area contributed by atoms with E-state index in [1.165, 1.54) is 31.5 Å². The van der Waals surface area contributed by atoms with Crippen LogP contribution in [0.25, 0.3) is 22.3 Å². The van der Waals surface area contributed by atoms with Crippen molar-refractivity contribution in [1.82, 2.24) is 15.4 Å². The first-order valence-corrected chi connectivity index (χ1v) is 8.33. The van der Waals surface area contributed by atoms with Gasteiger partial charge in [-0.25, -0.2) is 9.97 Å². The number of nitrogens with zero attached hydrogens (tertiary/aromatic N) is 2. The fourth-order valence-corrected chi connectivity index (χ4v) is 2.73. The molecular weight excluding hydrogens is 395 g/mol. The van der Waals surface area contributed by atoms with Crippen molar-refractivity contribution in [2.45, 2.75) is 13.1 Å². The molecule has 0 bridgehead atoms. The van der Waals surface area contributed by atoms with Gasteiger partial charge in [-0.1, -0.05) is 23.7 Å². The molecule has 3 aromatic rings. The molecule has 5 nitrogen and oxygen atoms in total. The summed E-state index contributed by atoms with van der Waals surface area (Å²) in [5.41, 5.74) is 3.09. The van der Waals surface area contributed by atoms with Gasteiger partial charge in [0.25, 0.3) is 0 Å². The smallest absolute Gasteiger partial charge is 0.379 e. The maximum atomic E-state index is 13.3. The first-order chi connectivity index (χ1) is 13.3. The van der Waals surface area contributed by atoms with Crippen molar-refractivity contribution in [3.05, 3.63) is 65.7 Å². The van der Waals surface area contributed by atoms with Crippen LogP contribution in [0.3, 0.4) is 0 Å². The van der Waals surface area contributed by atoms with Crippen molar-refractivity contribution in [3.63, 3.8) is 0 Å². The molecule has 2 aromatic carbocycles. The Hall–Kier alpha value is -3.13. The Balaban J connectivity index is 2.14. The highest BCUT2D eigenvalue weighted by Gasteiger charge is 2.33. The van der Waals surface area contributed by atoms with Crippen LogP contribution in [0.5, 0.6) is 5.75 Å². The normalized spacial score (nSPS) is 11.2. The molecule has 0 aliphatic heterocycles. The summed E-state index contributed by atoms with van der Waals surface area (Å²) in [7, 11) is 0. The fourth-order valence-electron chi connectivity index (χ4n) is 2.51. The molecule has 0 saturated heterocycles. The van der Waals surface area contributed by atoms with Crippen molar-refractivity contribution in [1.29, 1.82) is 0 Å². The van der Waals surface area contributed by atoms with Crippen LogP contribution in [0.15, 0.2) is 55.1 Å². The molecule has 3 rings (SSSR count). The molecule has 1 aromatic heterocycles. The molecular formula is C19H13ClF3N3O2. The molecule has 0 radical (unpaired) electrons. The Morgan fingerprint density at radius 2 is 1.71 bits per heavy atom. The van der Waals surface area contributed by atoms with Gasteiger partial charge in [-0.2, -0.15) is 18.7 Å². The number of hydrogen-bond acceptors (Lipinski definition) is 4. The summed E-state index contributed by atoms with van der Waals surface area (Å²) >= 11 is 5.71. The molecule has 0 saturated carbocycles. The molecule has 0 aliphatic carbocycles. The molecule has 28 heavy (non-hydrogen) atoms. The molecule has 1 N–H and O–H groups in total. The Morgan fingerprint density at radius 3 is 2.36 bits per heavy atom. The summed E-state index contributed by atoms with van der Waals surface area (Å²) in [5, 5.41) is -0.409. The van der Waals surface area contributed by atoms with Gasteiger partial charge in [0.15, 0.2) is 5.75 Å². The fraction of sp³-hybridized carbons (Fsp3) is 0.105. The van der Waals surface area contributed by atoms with Crippen molar-refractivity contribution < 1.29 is 22.8 Å². The van der Waals surface area contributed by atoms with Gasteiger partial charge in [0.2, 0.25) is 5.91 Å². The lowest BCUT2D eigenvalue weighted by atomic mass is 9.98. The number of aromatic nitrogens is 2. The van der Waals surface area contributed by atoms with Gasteiger partial charge in [0.05, 0.1) is 10.6 Å². The van der Waals surface area contributed by atoms with Gasteiger partial charge in [-0.3, -0.25) is 4.79 Å². The lowest BCUT2D eigenvalue weighted by Crippen LogP contribution is -2.24. The lowest BCUT2D eigenvalue weighted by molar-refractivity contribution is -0.137. The average Bonchev–Trinajstić information content (AvgIpc) is 2.66. The number of hydroxylamine groups is 1. The number of benzene rings is 2. The van der Waals surface area contributed by atoms with E-state index in [4.69, 9.17) is 16.4 Å². The van der Waals surface area contributed by atoms with Gasteiger partial charge in [-0.05, 0) is 35.4 Å². The minimum atomic E-state index is -4.61. The minimum Gasteiger partial charge on any atom is -0.379 e. The quantitative estimate of drug-likeness (QED) is 0.624. The topological polar surface area (TPSA) is 64.1 Å². The summed E-state index contributed by atoms with van der Waals surface area (Å²) in [6, 6.07) is 8.39. The third-order valence-corrected chi connectivity index (χ3v) is 4.09. The molecule has 9 heteroatoms. The number of halogens is 4. The molecule has 1 heterocycles. The van der Waals surface area contributed by atoms with Crippen LogP contribution in [0.2, 0.25) is 5.02 Å². The van der Waals surface area contributed by atoms with E-state index in [9.17, 15) is 18.0 Å². The molecule has 0 unspecified atom stereocenters.